The molecule has 0 spiro atoms. The third-order valence-electron chi connectivity index (χ3n) is 11.3. The molecular weight excluding hydrogens is 733 g/mol. The van der Waals surface area contributed by atoms with E-state index in [0.29, 0.717) is 0 Å². The first-order chi connectivity index (χ1) is 29.8. The molecule has 0 saturated heterocycles. The third kappa shape index (κ3) is 6.24. The van der Waals surface area contributed by atoms with E-state index in [1.54, 1.807) is 0 Å². The van der Waals surface area contributed by atoms with Gasteiger partial charge in [0.2, 0.25) is 0 Å². The maximum atomic E-state index is 4.84. The highest BCUT2D eigenvalue weighted by molar-refractivity contribution is 6.23. The highest BCUT2D eigenvalue weighted by Crippen LogP contribution is 2.48. The van der Waals surface area contributed by atoms with Crippen LogP contribution in [0.15, 0.2) is 219 Å². The Morgan fingerprint density at radius 3 is 1.12 bits per heavy atom. The molecule has 0 amide bonds. The zero-order valence-electron chi connectivity index (χ0n) is 32.5. The molecule has 0 saturated carbocycles. The van der Waals surface area contributed by atoms with Crippen molar-refractivity contribution < 1.29 is 0 Å². The van der Waals surface area contributed by atoms with Gasteiger partial charge in [0, 0.05) is 48.6 Å². The van der Waals surface area contributed by atoms with Crippen LogP contribution in [0, 0.1) is 0 Å². The molecule has 0 N–H and O–H groups in total. The number of anilines is 6. The van der Waals surface area contributed by atoms with Gasteiger partial charge in [-0.3, -0.25) is 19.8 Å². The molecule has 4 heterocycles. The molecule has 0 aliphatic rings. The lowest BCUT2D eigenvalue weighted by atomic mass is 9.84. The van der Waals surface area contributed by atoms with Crippen molar-refractivity contribution in [1.82, 2.24) is 19.9 Å². The van der Waals surface area contributed by atoms with Gasteiger partial charge in [-0.2, -0.15) is 0 Å². The van der Waals surface area contributed by atoms with E-state index in [1.807, 2.05) is 97.8 Å². The highest BCUT2D eigenvalue weighted by atomic mass is 15.2. The standard InChI is InChI=1S/C54H36N6/c1-3-11-39-33-41(17-15-37(39)9-1)53-47-21-19-46(60(44-25-31-56-32-26-44)52-14-6-8-28-58-52)36-50(47)54(42-18-16-38-10-2-4-12-40(38)34-42)48-22-20-45(35-49(48)53)59(43-23-29-55-30-24-43)51-13-5-7-27-57-51/h1-36H. The van der Waals surface area contributed by atoms with Gasteiger partial charge in [0.15, 0.2) is 0 Å². The molecule has 11 aromatic rings. The van der Waals surface area contributed by atoms with Crippen LogP contribution in [0.2, 0.25) is 0 Å². The Labute approximate surface area is 347 Å². The highest BCUT2D eigenvalue weighted by Gasteiger charge is 2.23. The van der Waals surface area contributed by atoms with E-state index >= 15 is 0 Å². The monoisotopic (exact) mass is 768 g/mol. The first kappa shape index (κ1) is 35.0. The van der Waals surface area contributed by atoms with Crippen molar-refractivity contribution in [1.29, 1.82) is 0 Å². The Bertz CT molecular complexity index is 3020. The topological polar surface area (TPSA) is 58.0 Å². The summed E-state index contributed by atoms with van der Waals surface area (Å²) in [6, 6.07) is 64.7. The molecule has 282 valence electrons. The number of aromatic nitrogens is 4. The van der Waals surface area contributed by atoms with Gasteiger partial charge >= 0.3 is 0 Å². The van der Waals surface area contributed by atoms with Gasteiger partial charge < -0.3 is 0 Å². The van der Waals surface area contributed by atoms with Crippen molar-refractivity contribution in [2.45, 2.75) is 0 Å². The smallest absolute Gasteiger partial charge is 0.137 e. The largest absolute Gasteiger partial charge is 0.295 e. The van der Waals surface area contributed by atoms with Crippen LogP contribution in [0.3, 0.4) is 0 Å². The van der Waals surface area contributed by atoms with Gasteiger partial charge in [-0.25, -0.2) is 9.97 Å². The van der Waals surface area contributed by atoms with Crippen molar-refractivity contribution in [3.05, 3.63) is 219 Å². The zero-order valence-corrected chi connectivity index (χ0v) is 32.5. The Morgan fingerprint density at radius 1 is 0.283 bits per heavy atom. The van der Waals surface area contributed by atoms with E-state index in [2.05, 4.69) is 141 Å². The molecule has 0 aliphatic heterocycles. The van der Waals surface area contributed by atoms with Gasteiger partial charge in [-0.15, -0.1) is 0 Å². The summed E-state index contributed by atoms with van der Waals surface area (Å²) in [7, 11) is 0. The van der Waals surface area contributed by atoms with E-state index in [9.17, 15) is 0 Å². The molecule has 0 radical (unpaired) electrons. The number of hydrogen-bond acceptors (Lipinski definition) is 6. The molecule has 60 heavy (non-hydrogen) atoms. The summed E-state index contributed by atoms with van der Waals surface area (Å²) in [5.41, 5.74) is 8.54. The van der Waals surface area contributed by atoms with Crippen molar-refractivity contribution in [3.63, 3.8) is 0 Å². The van der Waals surface area contributed by atoms with Crippen molar-refractivity contribution in [2.75, 3.05) is 9.80 Å². The fourth-order valence-electron chi connectivity index (χ4n) is 8.58. The lowest BCUT2D eigenvalue weighted by Gasteiger charge is -2.27. The van der Waals surface area contributed by atoms with E-state index in [1.165, 1.54) is 21.5 Å². The van der Waals surface area contributed by atoms with Crippen LogP contribution in [0.4, 0.5) is 34.4 Å². The summed E-state index contributed by atoms with van der Waals surface area (Å²) in [5.74, 6) is 1.64. The SMILES string of the molecule is c1ccc(N(c2ccncc2)c2ccc3c(-c4ccc5ccccc5c4)c4cc(N(c5ccncc5)c5ccccn5)ccc4c(-c4ccc5ccccc5c4)c3c2)nc1. The summed E-state index contributed by atoms with van der Waals surface area (Å²) in [5, 5.41) is 9.34. The van der Waals surface area contributed by atoms with E-state index in [0.717, 1.165) is 78.2 Å². The van der Waals surface area contributed by atoms with E-state index < -0.39 is 0 Å². The minimum atomic E-state index is 0.821. The number of fused-ring (bicyclic) bond motifs is 4. The van der Waals surface area contributed by atoms with Crippen LogP contribution in [0.5, 0.6) is 0 Å². The summed E-state index contributed by atoms with van der Waals surface area (Å²) in [6.07, 6.45) is 11.0. The van der Waals surface area contributed by atoms with Crippen LogP contribution in [-0.4, -0.2) is 19.9 Å². The van der Waals surface area contributed by atoms with Crippen molar-refractivity contribution in [3.8, 4) is 22.3 Å². The normalized spacial score (nSPS) is 11.3. The lowest BCUT2D eigenvalue weighted by Crippen LogP contribution is -2.12. The van der Waals surface area contributed by atoms with Crippen molar-refractivity contribution >= 4 is 77.5 Å². The van der Waals surface area contributed by atoms with Gasteiger partial charge in [-0.05, 0) is 150 Å². The van der Waals surface area contributed by atoms with Crippen LogP contribution in [0.1, 0.15) is 0 Å². The molecule has 11 rings (SSSR count). The Kier molecular flexibility index (Phi) is 8.71. The van der Waals surface area contributed by atoms with Crippen LogP contribution in [0.25, 0.3) is 65.3 Å². The van der Waals surface area contributed by atoms with Gasteiger partial charge in [0.1, 0.15) is 11.6 Å². The minimum Gasteiger partial charge on any atom is -0.295 e. The second-order valence-corrected chi connectivity index (χ2v) is 14.8. The average Bonchev–Trinajstić information content (AvgIpc) is 3.32. The zero-order chi connectivity index (χ0) is 39.8. The number of benzene rings is 7. The molecule has 0 aliphatic carbocycles. The number of hydrogen-bond donors (Lipinski definition) is 0. The predicted molar refractivity (Wildman–Crippen MR) is 248 cm³/mol. The third-order valence-corrected chi connectivity index (χ3v) is 11.3. The first-order valence-electron chi connectivity index (χ1n) is 20.0. The van der Waals surface area contributed by atoms with Crippen LogP contribution >= 0.6 is 0 Å². The number of nitrogens with zero attached hydrogens (tertiary/aromatic N) is 6. The Hall–Kier alpha value is -8.22. The number of pyridine rings is 4. The Balaban J connectivity index is 1.27. The Morgan fingerprint density at radius 2 is 0.700 bits per heavy atom. The minimum absolute atomic E-state index is 0.821. The summed E-state index contributed by atoms with van der Waals surface area (Å²) < 4.78 is 0. The molecule has 0 bridgehead atoms. The molecule has 7 aromatic carbocycles. The second-order valence-electron chi connectivity index (χ2n) is 14.8. The van der Waals surface area contributed by atoms with Gasteiger partial charge in [-0.1, -0.05) is 97.1 Å². The molecule has 6 nitrogen and oxygen atoms in total. The van der Waals surface area contributed by atoms with Gasteiger partial charge in [0.05, 0.1) is 11.4 Å². The number of rotatable bonds is 8. The maximum absolute atomic E-state index is 4.84. The van der Waals surface area contributed by atoms with Crippen LogP contribution in [-0.2, 0) is 0 Å². The lowest BCUT2D eigenvalue weighted by molar-refractivity contribution is 1.17. The summed E-state index contributed by atoms with van der Waals surface area (Å²) in [4.78, 5) is 22.8. The average molecular weight is 769 g/mol. The molecule has 0 atom stereocenters. The summed E-state index contributed by atoms with van der Waals surface area (Å²) >= 11 is 0. The first-order valence-corrected chi connectivity index (χ1v) is 20.0. The van der Waals surface area contributed by atoms with Crippen LogP contribution < -0.4 is 9.80 Å². The second kappa shape index (κ2) is 14.9. The molecule has 0 fully saturated rings. The molecule has 6 heteroatoms. The fraction of sp³-hybridized carbons (Fsp3) is 0. The van der Waals surface area contributed by atoms with Gasteiger partial charge in [0.25, 0.3) is 0 Å². The fourth-order valence-corrected chi connectivity index (χ4v) is 8.58. The molecule has 0 unspecified atom stereocenters. The van der Waals surface area contributed by atoms with E-state index in [-0.39, 0.29) is 0 Å². The summed E-state index contributed by atoms with van der Waals surface area (Å²) in [6.45, 7) is 0. The van der Waals surface area contributed by atoms with E-state index in [4.69, 9.17) is 9.97 Å². The quantitative estimate of drug-likeness (QED) is 0.144. The predicted octanol–water partition coefficient (Wildman–Crippen LogP) is 14.2. The molecular formula is C54H36N6. The van der Waals surface area contributed by atoms with Crippen molar-refractivity contribution in [2.24, 2.45) is 0 Å². The maximum Gasteiger partial charge on any atom is 0.137 e. The molecule has 4 aromatic heterocycles.